The third-order valence-electron chi connectivity index (χ3n) is 4.00. The molecule has 0 aromatic rings. The summed E-state index contributed by atoms with van der Waals surface area (Å²) in [5.41, 5.74) is -0.346. The second-order valence-corrected chi connectivity index (χ2v) is 7.87. The molecule has 1 heterocycles. The molecule has 1 atom stereocenters. The molecule has 1 unspecified atom stereocenters. The van der Waals surface area contributed by atoms with E-state index >= 15 is 0 Å². The normalized spacial score (nSPS) is 24.7. The van der Waals surface area contributed by atoms with Crippen LogP contribution in [-0.2, 0) is 14.6 Å². The summed E-state index contributed by atoms with van der Waals surface area (Å²) in [5, 5.41) is 3.23. The zero-order chi connectivity index (χ0) is 13.8. The van der Waals surface area contributed by atoms with E-state index in [0.29, 0.717) is 13.0 Å². The van der Waals surface area contributed by atoms with E-state index in [1.54, 1.807) is 0 Å². The van der Waals surface area contributed by atoms with Crippen molar-refractivity contribution in [1.82, 2.24) is 5.32 Å². The third kappa shape index (κ3) is 3.54. The van der Waals surface area contributed by atoms with Gasteiger partial charge < -0.3 is 5.32 Å². The molecular formula is C13H25NO3S. The van der Waals surface area contributed by atoms with Gasteiger partial charge in [0.15, 0.2) is 9.84 Å². The topological polar surface area (TPSA) is 63.2 Å². The van der Waals surface area contributed by atoms with Crippen LogP contribution in [-0.4, -0.2) is 38.8 Å². The number of nitrogens with one attached hydrogen (secondary N) is 1. The molecule has 0 aliphatic carbocycles. The fourth-order valence-electron chi connectivity index (χ4n) is 2.67. The summed E-state index contributed by atoms with van der Waals surface area (Å²) < 4.78 is 23.3. The lowest BCUT2D eigenvalue weighted by Crippen LogP contribution is -2.39. The summed E-state index contributed by atoms with van der Waals surface area (Å²) in [4.78, 5) is 12.4. The molecule has 1 aliphatic rings. The minimum absolute atomic E-state index is 0.00808. The molecule has 0 aromatic heterocycles. The fraction of sp³-hybridized carbons (Fsp3) is 0.923. The molecule has 4 nitrogen and oxygen atoms in total. The molecule has 0 aromatic carbocycles. The Balaban J connectivity index is 2.64. The molecule has 0 radical (unpaired) electrons. The van der Waals surface area contributed by atoms with Gasteiger partial charge in [0.2, 0.25) is 0 Å². The van der Waals surface area contributed by atoms with Crippen LogP contribution in [0.25, 0.3) is 0 Å². The largest absolute Gasteiger partial charge is 0.316 e. The van der Waals surface area contributed by atoms with Crippen LogP contribution in [0.1, 0.15) is 40.0 Å². The lowest BCUT2D eigenvalue weighted by molar-refractivity contribution is -0.129. The van der Waals surface area contributed by atoms with Crippen molar-refractivity contribution in [2.24, 2.45) is 11.3 Å². The summed E-state index contributed by atoms with van der Waals surface area (Å²) in [6.45, 7) is 7.48. The Morgan fingerprint density at radius 3 is 2.44 bits per heavy atom. The van der Waals surface area contributed by atoms with Crippen LogP contribution in [0.3, 0.4) is 0 Å². The lowest BCUT2D eigenvalue weighted by Gasteiger charge is -2.31. The number of hydrogen-bond donors (Lipinski definition) is 1. The van der Waals surface area contributed by atoms with E-state index in [-0.39, 0.29) is 35.0 Å². The van der Waals surface area contributed by atoms with Crippen molar-refractivity contribution in [3.05, 3.63) is 0 Å². The molecule has 1 N–H and O–H groups in total. The van der Waals surface area contributed by atoms with E-state index < -0.39 is 9.84 Å². The third-order valence-corrected chi connectivity index (χ3v) is 5.86. The monoisotopic (exact) mass is 275 g/mol. The minimum atomic E-state index is -3.05. The van der Waals surface area contributed by atoms with E-state index in [1.807, 2.05) is 20.8 Å². The molecule has 0 spiro atoms. The highest BCUT2D eigenvalue weighted by Gasteiger charge is 2.43. The van der Waals surface area contributed by atoms with Crippen LogP contribution < -0.4 is 5.32 Å². The maximum Gasteiger partial charge on any atom is 0.150 e. The van der Waals surface area contributed by atoms with Crippen LogP contribution in [0.2, 0.25) is 0 Å². The highest BCUT2D eigenvalue weighted by Crippen LogP contribution is 2.36. The van der Waals surface area contributed by atoms with E-state index in [9.17, 15) is 13.2 Å². The smallest absolute Gasteiger partial charge is 0.150 e. The predicted octanol–water partition coefficient (Wildman–Crippen LogP) is 1.41. The summed E-state index contributed by atoms with van der Waals surface area (Å²) in [5.74, 6) is 0.567. The molecule has 0 saturated carbocycles. The van der Waals surface area contributed by atoms with Crippen LogP contribution >= 0.6 is 0 Å². The Labute approximate surface area is 110 Å². The van der Waals surface area contributed by atoms with E-state index in [4.69, 9.17) is 0 Å². The standard InChI is InChI=1S/C13H25NO3S/c1-4-8-18(16,17)9-5-12(15)13(11(2)3)6-7-14-10-13/h11,14H,4-10H2,1-3H3. The number of sulfone groups is 1. The van der Waals surface area contributed by atoms with Gasteiger partial charge in [-0.2, -0.15) is 0 Å². The van der Waals surface area contributed by atoms with Crippen LogP contribution in [0.5, 0.6) is 0 Å². The van der Waals surface area contributed by atoms with Crippen molar-refractivity contribution in [2.45, 2.75) is 40.0 Å². The number of carbonyl (C=O) groups excluding carboxylic acids is 1. The molecule has 5 heteroatoms. The Morgan fingerprint density at radius 2 is 2.00 bits per heavy atom. The van der Waals surface area contributed by atoms with Gasteiger partial charge in [0.1, 0.15) is 5.78 Å². The quantitative estimate of drug-likeness (QED) is 0.763. The van der Waals surface area contributed by atoms with Crippen molar-refractivity contribution in [3.8, 4) is 0 Å². The van der Waals surface area contributed by atoms with Crippen LogP contribution in [0, 0.1) is 11.3 Å². The molecule has 18 heavy (non-hydrogen) atoms. The van der Waals surface area contributed by atoms with Crippen molar-refractivity contribution in [3.63, 3.8) is 0 Å². The molecule has 1 aliphatic heterocycles. The summed E-state index contributed by atoms with van der Waals surface area (Å²) in [6, 6.07) is 0. The first-order chi connectivity index (χ1) is 8.34. The Hall–Kier alpha value is -0.420. The summed E-state index contributed by atoms with van der Waals surface area (Å²) in [6.07, 6.45) is 1.62. The average molecular weight is 275 g/mol. The van der Waals surface area contributed by atoms with Gasteiger partial charge >= 0.3 is 0 Å². The molecular weight excluding hydrogens is 250 g/mol. The summed E-state index contributed by atoms with van der Waals surface area (Å²) >= 11 is 0. The van der Waals surface area contributed by atoms with Crippen molar-refractivity contribution in [1.29, 1.82) is 0 Å². The lowest BCUT2D eigenvalue weighted by atomic mass is 9.72. The van der Waals surface area contributed by atoms with Crippen molar-refractivity contribution < 1.29 is 13.2 Å². The number of rotatable bonds is 7. The van der Waals surface area contributed by atoms with Crippen molar-refractivity contribution in [2.75, 3.05) is 24.6 Å². The number of carbonyl (C=O) groups is 1. The molecule has 0 amide bonds. The minimum Gasteiger partial charge on any atom is -0.316 e. The maximum atomic E-state index is 12.4. The fourth-order valence-corrected chi connectivity index (χ4v) is 4.00. The van der Waals surface area contributed by atoms with E-state index in [1.165, 1.54) is 0 Å². The molecule has 1 rings (SSSR count). The Kier molecular flexibility index (Phi) is 5.34. The zero-order valence-corrected chi connectivity index (χ0v) is 12.5. The average Bonchev–Trinajstić information content (AvgIpc) is 2.76. The number of hydrogen-bond acceptors (Lipinski definition) is 4. The van der Waals surface area contributed by atoms with Gasteiger partial charge in [-0.05, 0) is 25.3 Å². The number of ketones is 1. The summed E-state index contributed by atoms with van der Waals surface area (Å²) in [7, 11) is -3.05. The van der Waals surface area contributed by atoms with Gasteiger partial charge in [0.05, 0.1) is 5.75 Å². The van der Waals surface area contributed by atoms with Gasteiger partial charge in [-0.25, -0.2) is 8.42 Å². The van der Waals surface area contributed by atoms with E-state index in [0.717, 1.165) is 13.0 Å². The van der Waals surface area contributed by atoms with Crippen LogP contribution in [0.4, 0.5) is 0 Å². The first-order valence-electron chi connectivity index (χ1n) is 6.78. The molecule has 0 bridgehead atoms. The van der Waals surface area contributed by atoms with E-state index in [2.05, 4.69) is 5.32 Å². The van der Waals surface area contributed by atoms with Crippen LogP contribution in [0.15, 0.2) is 0 Å². The number of Topliss-reactive ketones (excluding diaryl/α,β-unsaturated/α-hetero) is 1. The Bertz CT molecular complexity index is 381. The SMILES string of the molecule is CCCS(=O)(=O)CCC(=O)C1(C(C)C)CCNC1. The molecule has 1 saturated heterocycles. The first kappa shape index (κ1) is 15.6. The second-order valence-electron chi connectivity index (χ2n) is 5.56. The van der Waals surface area contributed by atoms with Gasteiger partial charge in [0.25, 0.3) is 0 Å². The van der Waals surface area contributed by atoms with Gasteiger partial charge in [0, 0.05) is 24.1 Å². The second kappa shape index (κ2) is 6.15. The highest BCUT2D eigenvalue weighted by molar-refractivity contribution is 7.91. The van der Waals surface area contributed by atoms with Gasteiger partial charge in [-0.15, -0.1) is 0 Å². The first-order valence-corrected chi connectivity index (χ1v) is 8.60. The van der Waals surface area contributed by atoms with Crippen molar-refractivity contribution >= 4 is 15.6 Å². The highest BCUT2D eigenvalue weighted by atomic mass is 32.2. The van der Waals surface area contributed by atoms with Gasteiger partial charge in [-0.1, -0.05) is 20.8 Å². The zero-order valence-electron chi connectivity index (χ0n) is 11.7. The van der Waals surface area contributed by atoms with Gasteiger partial charge in [-0.3, -0.25) is 4.79 Å². The predicted molar refractivity (Wildman–Crippen MR) is 73.3 cm³/mol. The molecule has 1 fully saturated rings. The molecule has 106 valence electrons. The maximum absolute atomic E-state index is 12.4. The Morgan fingerprint density at radius 1 is 1.33 bits per heavy atom.